The predicted molar refractivity (Wildman–Crippen MR) is 87.3 cm³/mol. The molecule has 0 unspecified atom stereocenters. The maximum atomic E-state index is 12.7. The molecule has 0 N–H and O–H groups in total. The molecule has 7 nitrogen and oxygen atoms in total. The molecule has 8 heteroatoms. The van der Waals surface area contributed by atoms with Crippen LogP contribution in [0.25, 0.3) is 0 Å². The average molecular weight is 343 g/mol. The smallest absolute Gasteiger partial charge is 0.275 e. The number of aromatic nitrogens is 3. The molecule has 2 amide bonds. The monoisotopic (exact) mass is 343 g/mol. The molecule has 0 bridgehead atoms. The third-order valence-electron chi connectivity index (χ3n) is 4.83. The lowest BCUT2D eigenvalue weighted by Crippen LogP contribution is -2.40. The third kappa shape index (κ3) is 2.47. The van der Waals surface area contributed by atoms with Crippen molar-refractivity contribution < 1.29 is 9.59 Å². The molecule has 2 aliphatic rings. The molecule has 0 aliphatic carbocycles. The Kier molecular flexibility index (Phi) is 3.76. The number of carbonyl (C=O) groups excluding carboxylic acids is 2. The highest BCUT2D eigenvalue weighted by atomic mass is 32.1. The molecular formula is C16H17N5O2S. The van der Waals surface area contributed by atoms with Crippen molar-refractivity contribution in [3.8, 4) is 0 Å². The second-order valence-electron chi connectivity index (χ2n) is 6.18. The Balaban J connectivity index is 1.53. The van der Waals surface area contributed by atoms with Gasteiger partial charge in [-0.05, 0) is 42.6 Å². The van der Waals surface area contributed by atoms with Crippen molar-refractivity contribution in [2.75, 3.05) is 6.54 Å². The fraction of sp³-hybridized carbons (Fsp3) is 0.438. The number of likely N-dealkylation sites (tertiary alicyclic amines) is 2. The Morgan fingerprint density at radius 2 is 2.12 bits per heavy atom. The number of fused-ring (bicyclic) bond motifs is 1. The first kappa shape index (κ1) is 15.2. The largest absolute Gasteiger partial charge is 0.333 e. The fourth-order valence-corrected chi connectivity index (χ4v) is 4.10. The number of pyridine rings is 1. The maximum absolute atomic E-state index is 12.7. The fourth-order valence-electron chi connectivity index (χ4n) is 3.64. The molecule has 4 heterocycles. The first-order valence-corrected chi connectivity index (χ1v) is 8.71. The summed E-state index contributed by atoms with van der Waals surface area (Å²) < 4.78 is 3.85. The van der Waals surface area contributed by atoms with Crippen LogP contribution >= 0.6 is 11.5 Å². The molecule has 124 valence electrons. The van der Waals surface area contributed by atoms with E-state index in [4.69, 9.17) is 0 Å². The zero-order valence-electron chi connectivity index (χ0n) is 13.3. The van der Waals surface area contributed by atoms with E-state index in [9.17, 15) is 9.59 Å². The van der Waals surface area contributed by atoms with E-state index in [-0.39, 0.29) is 23.9 Å². The van der Waals surface area contributed by atoms with E-state index in [2.05, 4.69) is 14.6 Å². The van der Waals surface area contributed by atoms with Gasteiger partial charge in [-0.3, -0.25) is 14.6 Å². The number of hydrogen-bond donors (Lipinski definition) is 0. The van der Waals surface area contributed by atoms with E-state index in [1.165, 1.54) is 11.5 Å². The highest BCUT2D eigenvalue weighted by molar-refractivity contribution is 7.05. The van der Waals surface area contributed by atoms with Gasteiger partial charge in [0.05, 0.1) is 17.0 Å². The Morgan fingerprint density at radius 3 is 2.83 bits per heavy atom. The third-order valence-corrected chi connectivity index (χ3v) is 5.46. The van der Waals surface area contributed by atoms with Crippen LogP contribution in [0.15, 0.2) is 24.5 Å². The van der Waals surface area contributed by atoms with Gasteiger partial charge in [-0.25, -0.2) is 0 Å². The molecule has 2 aliphatic heterocycles. The Labute approximate surface area is 143 Å². The number of hydrogen-bond acceptors (Lipinski definition) is 6. The molecule has 2 atom stereocenters. The second kappa shape index (κ2) is 5.94. The zero-order valence-corrected chi connectivity index (χ0v) is 14.1. The molecule has 0 spiro atoms. The standard InChI is InChI=1S/C16H17N5O2S/c1-10-15(18-19-24-10)16(23)20-7-4-12-13(20)8-14(22)21(12)9-11-2-5-17-6-3-11/h2-3,5-6,12-13H,4,7-9H2,1H3/t12-,13+/m1/s1. The summed E-state index contributed by atoms with van der Waals surface area (Å²) in [7, 11) is 0. The van der Waals surface area contributed by atoms with Crippen molar-refractivity contribution in [2.24, 2.45) is 0 Å². The van der Waals surface area contributed by atoms with Crippen LogP contribution in [0.4, 0.5) is 0 Å². The van der Waals surface area contributed by atoms with Crippen LogP contribution in [0.5, 0.6) is 0 Å². The van der Waals surface area contributed by atoms with Gasteiger partial charge < -0.3 is 9.80 Å². The topological polar surface area (TPSA) is 79.3 Å². The van der Waals surface area contributed by atoms with E-state index in [1.807, 2.05) is 24.0 Å². The van der Waals surface area contributed by atoms with Crippen molar-refractivity contribution in [3.63, 3.8) is 0 Å². The van der Waals surface area contributed by atoms with E-state index >= 15 is 0 Å². The highest BCUT2D eigenvalue weighted by Gasteiger charge is 2.48. The van der Waals surface area contributed by atoms with Gasteiger partial charge in [-0.2, -0.15) is 0 Å². The van der Waals surface area contributed by atoms with Crippen LogP contribution in [-0.4, -0.2) is 54.8 Å². The van der Waals surface area contributed by atoms with Crippen LogP contribution < -0.4 is 0 Å². The molecule has 0 radical (unpaired) electrons. The van der Waals surface area contributed by atoms with E-state index < -0.39 is 0 Å². The van der Waals surface area contributed by atoms with Crippen LogP contribution in [0.2, 0.25) is 0 Å². The van der Waals surface area contributed by atoms with Gasteiger partial charge in [-0.15, -0.1) is 5.10 Å². The number of nitrogens with zero attached hydrogens (tertiary/aromatic N) is 5. The lowest BCUT2D eigenvalue weighted by Gasteiger charge is -2.25. The summed E-state index contributed by atoms with van der Waals surface area (Å²) >= 11 is 1.23. The first-order valence-electron chi connectivity index (χ1n) is 7.93. The van der Waals surface area contributed by atoms with Crippen molar-refractivity contribution in [1.82, 2.24) is 24.4 Å². The van der Waals surface area contributed by atoms with Gasteiger partial charge in [-0.1, -0.05) is 4.49 Å². The summed E-state index contributed by atoms with van der Waals surface area (Å²) in [5, 5.41) is 3.95. The summed E-state index contributed by atoms with van der Waals surface area (Å²) in [5.74, 6) is -0.000233. The van der Waals surface area contributed by atoms with Crippen LogP contribution in [0, 0.1) is 6.92 Å². The minimum absolute atomic E-state index is 0.0621. The SMILES string of the molecule is Cc1snnc1C(=O)N1CC[C@@H]2[C@@H]1CC(=O)N2Cc1ccncc1. The molecule has 2 fully saturated rings. The number of aryl methyl sites for hydroxylation is 1. The summed E-state index contributed by atoms with van der Waals surface area (Å²) in [6.07, 6.45) is 4.66. The highest BCUT2D eigenvalue weighted by Crippen LogP contribution is 2.34. The summed E-state index contributed by atoms with van der Waals surface area (Å²) in [5.41, 5.74) is 1.48. The second-order valence-corrected chi connectivity index (χ2v) is 7.14. The van der Waals surface area contributed by atoms with Gasteiger partial charge in [0, 0.05) is 31.9 Å². The van der Waals surface area contributed by atoms with Crippen molar-refractivity contribution in [2.45, 2.75) is 38.4 Å². The van der Waals surface area contributed by atoms with Gasteiger partial charge in [0.1, 0.15) is 0 Å². The Bertz CT molecular complexity index is 778. The minimum atomic E-state index is -0.104. The molecule has 4 rings (SSSR count). The van der Waals surface area contributed by atoms with E-state index in [0.717, 1.165) is 16.9 Å². The molecule has 2 aromatic heterocycles. The number of carbonyl (C=O) groups is 2. The van der Waals surface area contributed by atoms with E-state index in [1.54, 1.807) is 17.3 Å². The quantitative estimate of drug-likeness (QED) is 0.838. The van der Waals surface area contributed by atoms with Gasteiger partial charge in [0.2, 0.25) is 5.91 Å². The van der Waals surface area contributed by atoms with E-state index in [0.29, 0.717) is 25.2 Å². The summed E-state index contributed by atoms with van der Waals surface area (Å²) in [6.45, 7) is 3.08. The minimum Gasteiger partial charge on any atom is -0.333 e. The van der Waals surface area contributed by atoms with Crippen LogP contribution in [0.3, 0.4) is 0 Å². The molecule has 0 aromatic carbocycles. The molecule has 0 saturated carbocycles. The first-order chi connectivity index (χ1) is 11.6. The Hall–Kier alpha value is -2.35. The zero-order chi connectivity index (χ0) is 16.7. The maximum Gasteiger partial charge on any atom is 0.275 e. The van der Waals surface area contributed by atoms with Crippen LogP contribution in [0.1, 0.15) is 33.8 Å². The molecule has 2 saturated heterocycles. The van der Waals surface area contributed by atoms with Gasteiger partial charge in [0.15, 0.2) is 5.69 Å². The molecule has 2 aromatic rings. The average Bonchev–Trinajstić information content (AvgIpc) is 3.26. The molecule has 24 heavy (non-hydrogen) atoms. The lowest BCUT2D eigenvalue weighted by molar-refractivity contribution is -0.129. The molecular weight excluding hydrogens is 326 g/mol. The number of amides is 2. The normalized spacial score (nSPS) is 23.0. The van der Waals surface area contributed by atoms with Gasteiger partial charge >= 0.3 is 0 Å². The Morgan fingerprint density at radius 1 is 1.33 bits per heavy atom. The lowest BCUT2D eigenvalue weighted by atomic mass is 10.1. The predicted octanol–water partition coefficient (Wildman–Crippen LogP) is 1.26. The summed E-state index contributed by atoms with van der Waals surface area (Å²) in [4.78, 5) is 33.7. The van der Waals surface area contributed by atoms with Crippen molar-refractivity contribution >= 4 is 23.3 Å². The van der Waals surface area contributed by atoms with Crippen LogP contribution in [-0.2, 0) is 11.3 Å². The summed E-state index contributed by atoms with van der Waals surface area (Å²) in [6, 6.07) is 3.86. The number of rotatable bonds is 3. The van der Waals surface area contributed by atoms with Crippen molar-refractivity contribution in [1.29, 1.82) is 0 Å². The van der Waals surface area contributed by atoms with Gasteiger partial charge in [0.25, 0.3) is 5.91 Å². The van der Waals surface area contributed by atoms with Crippen molar-refractivity contribution in [3.05, 3.63) is 40.7 Å².